The van der Waals surface area contributed by atoms with Crippen LogP contribution in [0.25, 0.3) is 0 Å². The Labute approximate surface area is 251 Å². The van der Waals surface area contributed by atoms with Crippen molar-refractivity contribution in [2.75, 3.05) is 13.2 Å². The fraction of sp³-hybridized carbons (Fsp3) is 0.938. The molecule has 2 atom stereocenters. The predicted octanol–water partition coefficient (Wildman–Crippen LogP) is 9.05. The van der Waals surface area contributed by atoms with Gasteiger partial charge in [0, 0.05) is 12.8 Å². The smallest absolute Gasteiger partial charge is 0.462 e. The highest BCUT2D eigenvalue weighted by Gasteiger charge is 2.22. The van der Waals surface area contributed by atoms with Gasteiger partial charge >= 0.3 is 19.8 Å². The Morgan fingerprint density at radius 3 is 1.54 bits per heavy atom. The number of unbranched alkanes of at least 4 members (excludes halogenated alkanes) is 14. The summed E-state index contributed by atoms with van der Waals surface area (Å²) in [7, 11) is -4.74. The number of hydrogen-bond acceptors (Lipinski definition) is 6. The lowest BCUT2D eigenvalue weighted by molar-refractivity contribution is -0.161. The Hall–Kier alpha value is -0.950. The summed E-state index contributed by atoms with van der Waals surface area (Å²) in [5.74, 6) is 0.716. The van der Waals surface area contributed by atoms with Crippen LogP contribution in [0.15, 0.2) is 0 Å². The van der Waals surface area contributed by atoms with Gasteiger partial charge in [-0.05, 0) is 24.7 Å². The van der Waals surface area contributed by atoms with Crippen LogP contribution in [0.1, 0.15) is 163 Å². The fourth-order valence-electron chi connectivity index (χ4n) is 4.71. The van der Waals surface area contributed by atoms with Crippen LogP contribution in [0.2, 0.25) is 0 Å². The van der Waals surface area contributed by atoms with Crippen molar-refractivity contribution in [2.24, 2.45) is 11.8 Å². The number of ether oxygens (including phenoxy) is 2. The zero-order valence-corrected chi connectivity index (χ0v) is 27.7. The average Bonchev–Trinajstić information content (AvgIpc) is 2.91. The molecule has 0 spiro atoms. The van der Waals surface area contributed by atoms with Crippen molar-refractivity contribution in [3.05, 3.63) is 0 Å². The summed E-state index contributed by atoms with van der Waals surface area (Å²) in [5, 5.41) is 0. The van der Waals surface area contributed by atoms with Crippen molar-refractivity contribution in [1.82, 2.24) is 0 Å². The first kappa shape index (κ1) is 40.1. The zero-order valence-electron chi connectivity index (χ0n) is 26.8. The van der Waals surface area contributed by atoms with Gasteiger partial charge in [0.05, 0.1) is 6.61 Å². The molecule has 0 aromatic carbocycles. The van der Waals surface area contributed by atoms with Crippen LogP contribution >= 0.6 is 7.82 Å². The molecule has 0 rings (SSSR count). The Morgan fingerprint density at radius 1 is 0.634 bits per heavy atom. The number of phosphoric ester groups is 1. The fourth-order valence-corrected chi connectivity index (χ4v) is 5.07. The second-order valence-corrected chi connectivity index (χ2v) is 13.5. The van der Waals surface area contributed by atoms with E-state index >= 15 is 0 Å². The van der Waals surface area contributed by atoms with E-state index in [-0.39, 0.29) is 19.4 Å². The van der Waals surface area contributed by atoms with Crippen LogP contribution in [0.5, 0.6) is 0 Å². The molecule has 0 amide bonds. The van der Waals surface area contributed by atoms with Gasteiger partial charge in [0.25, 0.3) is 0 Å². The van der Waals surface area contributed by atoms with E-state index < -0.39 is 32.5 Å². The number of hydrogen-bond donors (Lipinski definition) is 2. The third kappa shape index (κ3) is 30.3. The molecule has 41 heavy (non-hydrogen) atoms. The van der Waals surface area contributed by atoms with Gasteiger partial charge in [0.15, 0.2) is 6.10 Å². The Bertz CT molecular complexity index is 679. The minimum Gasteiger partial charge on any atom is -0.462 e. The topological polar surface area (TPSA) is 119 Å². The van der Waals surface area contributed by atoms with Gasteiger partial charge in [-0.3, -0.25) is 14.1 Å². The maximum absolute atomic E-state index is 12.3. The normalized spacial score (nSPS) is 13.3. The molecule has 2 N–H and O–H groups in total. The van der Waals surface area contributed by atoms with Crippen LogP contribution in [0.4, 0.5) is 0 Å². The first-order valence-electron chi connectivity index (χ1n) is 16.6. The van der Waals surface area contributed by atoms with Crippen LogP contribution in [0, 0.1) is 11.8 Å². The lowest BCUT2D eigenvalue weighted by Gasteiger charge is -2.18. The molecule has 244 valence electrons. The van der Waals surface area contributed by atoms with E-state index in [1.807, 2.05) is 0 Å². The van der Waals surface area contributed by atoms with E-state index in [0.717, 1.165) is 50.4 Å². The molecule has 0 aliphatic rings. The summed E-state index contributed by atoms with van der Waals surface area (Å²) in [4.78, 5) is 42.5. The molecule has 0 fully saturated rings. The van der Waals surface area contributed by atoms with Crippen LogP contribution < -0.4 is 0 Å². The quantitative estimate of drug-likeness (QED) is 0.0492. The molecular formula is C32H63O8P. The maximum atomic E-state index is 12.3. The minimum atomic E-state index is -4.74. The van der Waals surface area contributed by atoms with E-state index in [9.17, 15) is 14.2 Å². The predicted molar refractivity (Wildman–Crippen MR) is 165 cm³/mol. The number of carbonyl (C=O) groups is 2. The van der Waals surface area contributed by atoms with Gasteiger partial charge in [0.1, 0.15) is 6.61 Å². The second-order valence-electron chi connectivity index (χ2n) is 12.2. The molecule has 0 heterocycles. The molecule has 0 aromatic rings. The van der Waals surface area contributed by atoms with E-state index in [1.54, 1.807) is 0 Å². The highest BCUT2D eigenvalue weighted by atomic mass is 31.2. The third-order valence-electron chi connectivity index (χ3n) is 7.59. The summed E-state index contributed by atoms with van der Waals surface area (Å²) in [6, 6.07) is 0. The van der Waals surface area contributed by atoms with E-state index in [4.69, 9.17) is 19.3 Å². The standard InChI is InChI=1S/C32H63O8P/c1-5-29(4)23-19-15-11-7-9-13-17-21-25-32(34)40-30(27-39-41(35,36)37)26-38-31(33)24-20-16-12-8-6-10-14-18-22-28(2)3/h28-30H,5-27H2,1-4H3,(H2,35,36,37)/t29?,30-/m1/s1. The average molecular weight is 607 g/mol. The SMILES string of the molecule is CCC(C)CCCCCCCCCCC(=O)O[C@H](COC(=O)CCCCCCCCCCC(C)C)COP(=O)(O)O. The molecule has 0 saturated carbocycles. The van der Waals surface area contributed by atoms with Crippen molar-refractivity contribution >= 4 is 19.8 Å². The molecule has 0 aliphatic heterocycles. The van der Waals surface area contributed by atoms with Crippen LogP contribution in [-0.4, -0.2) is 41.0 Å². The highest BCUT2D eigenvalue weighted by molar-refractivity contribution is 7.46. The Kier molecular flexibility index (Phi) is 26.0. The summed E-state index contributed by atoms with van der Waals surface area (Å²) >= 11 is 0. The van der Waals surface area contributed by atoms with Gasteiger partial charge in [-0.25, -0.2) is 4.57 Å². The molecule has 0 bridgehead atoms. The number of esters is 2. The van der Waals surface area contributed by atoms with Gasteiger partial charge in [-0.1, -0.05) is 137 Å². The molecule has 1 unspecified atom stereocenters. The molecule has 0 radical (unpaired) electrons. The maximum Gasteiger partial charge on any atom is 0.469 e. The first-order valence-corrected chi connectivity index (χ1v) is 18.1. The summed E-state index contributed by atoms with van der Waals surface area (Å²) < 4.78 is 26.2. The monoisotopic (exact) mass is 606 g/mol. The molecule has 0 aromatic heterocycles. The van der Waals surface area contributed by atoms with Gasteiger partial charge in [-0.15, -0.1) is 0 Å². The Balaban J connectivity index is 4.03. The van der Waals surface area contributed by atoms with Crippen LogP contribution in [0.3, 0.4) is 0 Å². The third-order valence-corrected chi connectivity index (χ3v) is 8.08. The zero-order chi connectivity index (χ0) is 30.8. The van der Waals surface area contributed by atoms with Crippen molar-refractivity contribution in [2.45, 2.75) is 169 Å². The van der Waals surface area contributed by atoms with Crippen molar-refractivity contribution in [3.63, 3.8) is 0 Å². The van der Waals surface area contributed by atoms with Crippen LogP contribution in [-0.2, 0) is 28.2 Å². The number of rotatable bonds is 29. The summed E-state index contributed by atoms with van der Waals surface area (Å²) in [6.07, 6.45) is 21.3. The molecular weight excluding hydrogens is 543 g/mol. The number of phosphoric acid groups is 1. The highest BCUT2D eigenvalue weighted by Crippen LogP contribution is 2.36. The van der Waals surface area contributed by atoms with E-state index in [0.29, 0.717) is 6.42 Å². The lowest BCUT2D eigenvalue weighted by atomic mass is 9.99. The lowest BCUT2D eigenvalue weighted by Crippen LogP contribution is -2.29. The van der Waals surface area contributed by atoms with Crippen molar-refractivity contribution in [1.29, 1.82) is 0 Å². The minimum absolute atomic E-state index is 0.215. The summed E-state index contributed by atoms with van der Waals surface area (Å²) in [5.41, 5.74) is 0. The van der Waals surface area contributed by atoms with Gasteiger partial charge in [-0.2, -0.15) is 0 Å². The second kappa shape index (κ2) is 26.7. The molecule has 9 heteroatoms. The number of carbonyl (C=O) groups excluding carboxylic acids is 2. The van der Waals surface area contributed by atoms with Gasteiger partial charge < -0.3 is 19.3 Å². The van der Waals surface area contributed by atoms with Crippen molar-refractivity contribution < 1.29 is 37.9 Å². The molecule has 8 nitrogen and oxygen atoms in total. The molecule has 0 aliphatic carbocycles. The van der Waals surface area contributed by atoms with Gasteiger partial charge in [0.2, 0.25) is 0 Å². The van der Waals surface area contributed by atoms with E-state index in [2.05, 4.69) is 32.2 Å². The van der Waals surface area contributed by atoms with E-state index in [1.165, 1.54) is 77.0 Å². The van der Waals surface area contributed by atoms with Crippen molar-refractivity contribution in [3.8, 4) is 0 Å². The molecule has 0 saturated heterocycles. The first-order chi connectivity index (χ1) is 19.5. The summed E-state index contributed by atoms with van der Waals surface area (Å²) in [6.45, 7) is 8.26. The largest absolute Gasteiger partial charge is 0.469 e. The Morgan fingerprint density at radius 2 is 1.07 bits per heavy atom.